The van der Waals surface area contributed by atoms with Gasteiger partial charge in [0.15, 0.2) is 0 Å². The molecule has 3 rings (SSSR count). The van der Waals surface area contributed by atoms with Gasteiger partial charge < -0.3 is 20.1 Å². The number of rotatable bonds is 6. The second-order valence-electron chi connectivity index (χ2n) is 5.51. The van der Waals surface area contributed by atoms with Gasteiger partial charge >= 0.3 is 0 Å². The van der Waals surface area contributed by atoms with Gasteiger partial charge in [-0.2, -0.15) is 4.98 Å². The first-order valence-corrected chi connectivity index (χ1v) is 7.95. The van der Waals surface area contributed by atoms with Gasteiger partial charge in [0, 0.05) is 17.8 Å². The van der Waals surface area contributed by atoms with Gasteiger partial charge in [-0.05, 0) is 31.2 Å². The standard InChI is InChI=1S/C19H19FN4O2/c1-12-10-18(22-16-9-8-13(25-2)11-17(16)26-3)24-19(21-12)23-15-7-5-4-6-14(15)20/h4-11H,1-3H3,(H2,21,22,23,24). The normalized spacial score (nSPS) is 10.3. The Hall–Kier alpha value is -3.35. The summed E-state index contributed by atoms with van der Waals surface area (Å²) >= 11 is 0. The van der Waals surface area contributed by atoms with Crippen molar-refractivity contribution in [2.45, 2.75) is 6.92 Å². The van der Waals surface area contributed by atoms with E-state index >= 15 is 0 Å². The Kier molecular flexibility index (Phi) is 5.17. The van der Waals surface area contributed by atoms with Crippen LogP contribution in [0.15, 0.2) is 48.5 Å². The van der Waals surface area contributed by atoms with Gasteiger partial charge in [-0.1, -0.05) is 12.1 Å². The van der Waals surface area contributed by atoms with E-state index in [9.17, 15) is 4.39 Å². The van der Waals surface area contributed by atoms with E-state index in [1.165, 1.54) is 6.07 Å². The van der Waals surface area contributed by atoms with Crippen molar-refractivity contribution in [1.29, 1.82) is 0 Å². The minimum absolute atomic E-state index is 0.296. The summed E-state index contributed by atoms with van der Waals surface area (Å²) in [5, 5.41) is 6.09. The molecule has 0 amide bonds. The van der Waals surface area contributed by atoms with Crippen molar-refractivity contribution >= 4 is 23.1 Å². The highest BCUT2D eigenvalue weighted by atomic mass is 19.1. The minimum atomic E-state index is -0.371. The summed E-state index contributed by atoms with van der Waals surface area (Å²) in [6.07, 6.45) is 0. The van der Waals surface area contributed by atoms with Crippen molar-refractivity contribution < 1.29 is 13.9 Å². The second-order valence-corrected chi connectivity index (χ2v) is 5.51. The van der Waals surface area contributed by atoms with Gasteiger partial charge in [0.2, 0.25) is 5.95 Å². The number of aryl methyl sites for hydroxylation is 1. The highest BCUT2D eigenvalue weighted by molar-refractivity contribution is 5.67. The average molecular weight is 354 g/mol. The number of nitrogens with one attached hydrogen (secondary N) is 2. The van der Waals surface area contributed by atoms with Gasteiger partial charge in [-0.25, -0.2) is 9.37 Å². The zero-order chi connectivity index (χ0) is 18.5. The number of hydrogen-bond acceptors (Lipinski definition) is 6. The maximum Gasteiger partial charge on any atom is 0.229 e. The van der Waals surface area contributed by atoms with Gasteiger partial charge in [0.05, 0.1) is 25.6 Å². The lowest BCUT2D eigenvalue weighted by atomic mass is 10.2. The third kappa shape index (κ3) is 4.00. The summed E-state index contributed by atoms with van der Waals surface area (Å²) in [6.45, 7) is 1.84. The van der Waals surface area contributed by atoms with Crippen LogP contribution in [-0.4, -0.2) is 24.2 Å². The van der Waals surface area contributed by atoms with Gasteiger partial charge in [0.1, 0.15) is 23.1 Å². The number of hydrogen-bond donors (Lipinski definition) is 2. The first-order valence-electron chi connectivity index (χ1n) is 7.95. The zero-order valence-electron chi connectivity index (χ0n) is 14.7. The number of aromatic nitrogens is 2. The molecule has 0 aliphatic heterocycles. The van der Waals surface area contributed by atoms with Crippen LogP contribution in [-0.2, 0) is 0 Å². The van der Waals surface area contributed by atoms with E-state index < -0.39 is 0 Å². The molecular weight excluding hydrogens is 335 g/mol. The Morgan fingerprint density at radius 3 is 2.42 bits per heavy atom. The number of para-hydroxylation sites is 1. The molecule has 26 heavy (non-hydrogen) atoms. The lowest BCUT2D eigenvalue weighted by Crippen LogP contribution is -2.04. The van der Waals surface area contributed by atoms with Crippen LogP contribution in [0.3, 0.4) is 0 Å². The minimum Gasteiger partial charge on any atom is -0.497 e. The molecule has 0 aliphatic rings. The number of benzene rings is 2. The number of anilines is 4. The first kappa shape index (κ1) is 17.5. The molecule has 6 nitrogen and oxygen atoms in total. The summed E-state index contributed by atoms with van der Waals surface area (Å²) in [5.74, 6) is 1.78. The van der Waals surface area contributed by atoms with E-state index in [0.29, 0.717) is 29.0 Å². The fourth-order valence-corrected chi connectivity index (χ4v) is 2.41. The molecule has 0 radical (unpaired) electrons. The van der Waals surface area contributed by atoms with Crippen LogP contribution in [0.2, 0.25) is 0 Å². The smallest absolute Gasteiger partial charge is 0.229 e. The van der Waals surface area contributed by atoms with Crippen LogP contribution in [0.1, 0.15) is 5.69 Å². The molecule has 0 fully saturated rings. The fourth-order valence-electron chi connectivity index (χ4n) is 2.41. The first-order chi connectivity index (χ1) is 12.6. The molecule has 0 saturated carbocycles. The summed E-state index contributed by atoms with van der Waals surface area (Å²) in [7, 11) is 3.17. The van der Waals surface area contributed by atoms with Crippen molar-refractivity contribution in [2.24, 2.45) is 0 Å². The fraction of sp³-hybridized carbons (Fsp3) is 0.158. The SMILES string of the molecule is COc1ccc(Nc2cc(C)nc(Nc3ccccc3F)n2)c(OC)c1. The molecule has 0 saturated heterocycles. The molecule has 134 valence electrons. The number of nitrogens with zero attached hydrogens (tertiary/aromatic N) is 2. The van der Waals surface area contributed by atoms with Crippen LogP contribution in [0, 0.1) is 12.7 Å². The molecule has 1 aromatic heterocycles. The van der Waals surface area contributed by atoms with E-state index in [4.69, 9.17) is 9.47 Å². The molecule has 2 aromatic carbocycles. The molecular formula is C19H19FN4O2. The lowest BCUT2D eigenvalue weighted by molar-refractivity contribution is 0.395. The van der Waals surface area contributed by atoms with Gasteiger partial charge in [-0.15, -0.1) is 0 Å². The van der Waals surface area contributed by atoms with Crippen molar-refractivity contribution in [3.63, 3.8) is 0 Å². The molecule has 7 heteroatoms. The Bertz CT molecular complexity index is 918. The summed E-state index contributed by atoms with van der Waals surface area (Å²) < 4.78 is 24.4. The van der Waals surface area contributed by atoms with Gasteiger partial charge in [-0.3, -0.25) is 0 Å². The average Bonchev–Trinajstić information content (AvgIpc) is 2.63. The van der Waals surface area contributed by atoms with E-state index in [1.54, 1.807) is 44.6 Å². The molecule has 3 aromatic rings. The van der Waals surface area contributed by atoms with Crippen LogP contribution >= 0.6 is 0 Å². The summed E-state index contributed by atoms with van der Waals surface area (Å²) in [5.41, 5.74) is 1.77. The molecule has 0 spiro atoms. The largest absolute Gasteiger partial charge is 0.497 e. The van der Waals surface area contributed by atoms with Crippen molar-refractivity contribution in [3.8, 4) is 11.5 Å². The highest BCUT2D eigenvalue weighted by Gasteiger charge is 2.09. The summed E-state index contributed by atoms with van der Waals surface area (Å²) in [4.78, 5) is 8.70. The van der Waals surface area contributed by atoms with Crippen molar-refractivity contribution in [2.75, 3.05) is 24.9 Å². The van der Waals surface area contributed by atoms with Crippen LogP contribution in [0.4, 0.5) is 27.5 Å². The van der Waals surface area contributed by atoms with E-state index in [-0.39, 0.29) is 5.82 Å². The predicted molar refractivity (Wildman–Crippen MR) is 99.3 cm³/mol. The van der Waals surface area contributed by atoms with Crippen LogP contribution in [0.5, 0.6) is 11.5 Å². The Morgan fingerprint density at radius 1 is 0.885 bits per heavy atom. The molecule has 0 atom stereocenters. The molecule has 0 aliphatic carbocycles. The molecule has 1 heterocycles. The van der Waals surface area contributed by atoms with E-state index in [0.717, 1.165) is 11.4 Å². The highest BCUT2D eigenvalue weighted by Crippen LogP contribution is 2.31. The summed E-state index contributed by atoms with van der Waals surface area (Å²) in [6, 6.07) is 13.6. The molecule has 0 bridgehead atoms. The monoisotopic (exact) mass is 354 g/mol. The van der Waals surface area contributed by atoms with E-state index in [2.05, 4.69) is 20.6 Å². The maximum absolute atomic E-state index is 13.8. The lowest BCUT2D eigenvalue weighted by Gasteiger charge is -2.13. The Labute approximate surface area is 151 Å². The molecule has 2 N–H and O–H groups in total. The van der Waals surface area contributed by atoms with E-state index in [1.807, 2.05) is 19.1 Å². The van der Waals surface area contributed by atoms with Crippen molar-refractivity contribution in [1.82, 2.24) is 9.97 Å². The van der Waals surface area contributed by atoms with Gasteiger partial charge in [0.25, 0.3) is 0 Å². The number of methoxy groups -OCH3 is 2. The van der Waals surface area contributed by atoms with Crippen LogP contribution < -0.4 is 20.1 Å². The molecule has 0 unspecified atom stereocenters. The Balaban J connectivity index is 1.87. The number of halogens is 1. The Morgan fingerprint density at radius 2 is 1.69 bits per heavy atom. The van der Waals surface area contributed by atoms with Crippen LogP contribution in [0.25, 0.3) is 0 Å². The second kappa shape index (κ2) is 7.69. The van der Waals surface area contributed by atoms with Crippen molar-refractivity contribution in [3.05, 3.63) is 60.0 Å². The predicted octanol–water partition coefficient (Wildman–Crippen LogP) is 4.43. The number of ether oxygens (including phenoxy) is 2. The third-order valence-corrected chi connectivity index (χ3v) is 3.65. The topological polar surface area (TPSA) is 68.3 Å². The zero-order valence-corrected chi connectivity index (χ0v) is 14.7. The quantitative estimate of drug-likeness (QED) is 0.683. The maximum atomic E-state index is 13.8. The third-order valence-electron chi connectivity index (χ3n) is 3.65.